The summed E-state index contributed by atoms with van der Waals surface area (Å²) in [7, 11) is 3.81. The second-order valence-electron chi connectivity index (χ2n) is 5.00. The minimum absolute atomic E-state index is 0.146. The Balaban J connectivity index is 2.89. The second kappa shape index (κ2) is 6.01. The lowest BCUT2D eigenvalue weighted by atomic mass is 10.1. The highest BCUT2D eigenvalue weighted by molar-refractivity contribution is 5.48. The fraction of sp³-hybridized carbons (Fsp3) is 0.571. The van der Waals surface area contributed by atoms with Gasteiger partial charge in [-0.1, -0.05) is 19.9 Å². The monoisotopic (exact) mass is 238 g/mol. The van der Waals surface area contributed by atoms with Gasteiger partial charge in [-0.2, -0.15) is 0 Å². The summed E-state index contributed by atoms with van der Waals surface area (Å²) < 4.78 is 14.0. The highest BCUT2D eigenvalue weighted by Gasteiger charge is 2.11. The molecule has 2 nitrogen and oxygen atoms in total. The number of nitrogens with one attached hydrogen (secondary N) is 1. The van der Waals surface area contributed by atoms with Crippen molar-refractivity contribution in [3.8, 4) is 0 Å². The molecule has 0 fully saturated rings. The van der Waals surface area contributed by atoms with E-state index in [4.69, 9.17) is 0 Å². The lowest BCUT2D eigenvalue weighted by Crippen LogP contribution is -2.23. The number of benzene rings is 1. The maximum absolute atomic E-state index is 14.0. The molecule has 0 aliphatic carbocycles. The van der Waals surface area contributed by atoms with Crippen LogP contribution in [0.5, 0.6) is 0 Å². The van der Waals surface area contributed by atoms with Crippen molar-refractivity contribution in [3.05, 3.63) is 29.6 Å². The van der Waals surface area contributed by atoms with Crippen LogP contribution in [0.4, 0.5) is 10.1 Å². The van der Waals surface area contributed by atoms with E-state index in [0.29, 0.717) is 11.6 Å². The van der Waals surface area contributed by atoms with Crippen molar-refractivity contribution in [2.75, 3.05) is 25.5 Å². The highest BCUT2D eigenvalue weighted by atomic mass is 19.1. The lowest BCUT2D eigenvalue weighted by Gasteiger charge is -2.23. The first-order chi connectivity index (χ1) is 7.95. The maximum atomic E-state index is 14.0. The SMILES string of the molecule is CNC(C)c1ccc(N(C)CC(C)C)c(F)c1. The van der Waals surface area contributed by atoms with Gasteiger partial charge >= 0.3 is 0 Å². The molecule has 3 heteroatoms. The molecular formula is C14H23FN2. The molecule has 1 aromatic carbocycles. The lowest BCUT2D eigenvalue weighted by molar-refractivity contribution is 0.590. The summed E-state index contributed by atoms with van der Waals surface area (Å²) in [5.41, 5.74) is 1.65. The molecule has 17 heavy (non-hydrogen) atoms. The molecule has 1 aromatic rings. The normalized spacial score (nSPS) is 12.9. The second-order valence-corrected chi connectivity index (χ2v) is 5.00. The summed E-state index contributed by atoms with van der Waals surface area (Å²) in [6.45, 7) is 7.14. The molecule has 0 bridgehead atoms. The van der Waals surface area contributed by atoms with Gasteiger partial charge in [0.05, 0.1) is 5.69 Å². The molecule has 1 N–H and O–H groups in total. The van der Waals surface area contributed by atoms with Crippen LogP contribution in [0.25, 0.3) is 0 Å². The summed E-state index contributed by atoms with van der Waals surface area (Å²) in [6, 6.07) is 5.64. The van der Waals surface area contributed by atoms with E-state index in [1.807, 2.05) is 38.1 Å². The van der Waals surface area contributed by atoms with Crippen LogP contribution in [0.3, 0.4) is 0 Å². The van der Waals surface area contributed by atoms with Gasteiger partial charge < -0.3 is 10.2 Å². The molecule has 0 radical (unpaired) electrons. The standard InChI is InChI=1S/C14H23FN2/c1-10(2)9-17(5)14-7-6-12(8-13(14)15)11(3)16-4/h6-8,10-11,16H,9H2,1-5H3. The number of halogens is 1. The van der Waals surface area contributed by atoms with E-state index in [1.165, 1.54) is 0 Å². The summed E-state index contributed by atoms with van der Waals surface area (Å²) in [5.74, 6) is 0.378. The summed E-state index contributed by atoms with van der Waals surface area (Å²) in [4.78, 5) is 1.97. The minimum atomic E-state index is -0.146. The van der Waals surface area contributed by atoms with Gasteiger partial charge in [0.2, 0.25) is 0 Å². The molecular weight excluding hydrogens is 215 g/mol. The quantitative estimate of drug-likeness (QED) is 0.847. The maximum Gasteiger partial charge on any atom is 0.146 e. The highest BCUT2D eigenvalue weighted by Crippen LogP contribution is 2.23. The number of nitrogens with zero attached hydrogens (tertiary/aromatic N) is 1. The smallest absolute Gasteiger partial charge is 0.146 e. The van der Waals surface area contributed by atoms with Crippen molar-refractivity contribution in [1.29, 1.82) is 0 Å². The van der Waals surface area contributed by atoms with Crippen LogP contribution >= 0.6 is 0 Å². The molecule has 1 unspecified atom stereocenters. The number of hydrogen-bond donors (Lipinski definition) is 1. The van der Waals surface area contributed by atoms with Crippen LogP contribution in [0, 0.1) is 11.7 Å². The molecule has 0 saturated carbocycles. The predicted molar refractivity (Wildman–Crippen MR) is 72.0 cm³/mol. The third-order valence-electron chi connectivity index (χ3n) is 2.96. The molecule has 1 atom stereocenters. The van der Waals surface area contributed by atoms with Crippen LogP contribution in [0.1, 0.15) is 32.4 Å². The third-order valence-corrected chi connectivity index (χ3v) is 2.96. The van der Waals surface area contributed by atoms with Crippen molar-refractivity contribution in [2.45, 2.75) is 26.8 Å². The van der Waals surface area contributed by atoms with Crippen molar-refractivity contribution in [2.24, 2.45) is 5.92 Å². The molecule has 0 aromatic heterocycles. The summed E-state index contributed by atoms with van der Waals surface area (Å²) >= 11 is 0. The fourth-order valence-corrected chi connectivity index (χ4v) is 1.91. The Morgan fingerprint density at radius 3 is 2.41 bits per heavy atom. The first-order valence-corrected chi connectivity index (χ1v) is 6.13. The Morgan fingerprint density at radius 2 is 1.94 bits per heavy atom. The van der Waals surface area contributed by atoms with E-state index in [2.05, 4.69) is 19.2 Å². The predicted octanol–water partition coefficient (Wildman–Crippen LogP) is 3.20. The van der Waals surface area contributed by atoms with Crippen LogP contribution < -0.4 is 10.2 Å². The summed E-state index contributed by atoms with van der Waals surface area (Å²) in [6.07, 6.45) is 0. The van der Waals surface area contributed by atoms with Gasteiger partial charge in [-0.3, -0.25) is 0 Å². The van der Waals surface area contributed by atoms with Gasteiger partial charge in [-0.25, -0.2) is 4.39 Å². The van der Waals surface area contributed by atoms with E-state index in [0.717, 1.165) is 12.1 Å². The van der Waals surface area contributed by atoms with Gasteiger partial charge in [-0.15, -0.1) is 0 Å². The number of rotatable bonds is 5. The molecule has 0 aliphatic rings. The van der Waals surface area contributed by atoms with Crippen molar-refractivity contribution >= 4 is 5.69 Å². The largest absolute Gasteiger partial charge is 0.372 e. The van der Waals surface area contributed by atoms with E-state index >= 15 is 0 Å². The van der Waals surface area contributed by atoms with Gasteiger partial charge in [0.1, 0.15) is 5.82 Å². The van der Waals surface area contributed by atoms with Crippen molar-refractivity contribution in [1.82, 2.24) is 5.32 Å². The molecule has 0 aliphatic heterocycles. The zero-order valence-electron chi connectivity index (χ0n) is 11.4. The molecule has 0 heterocycles. The molecule has 1 rings (SSSR count). The van der Waals surface area contributed by atoms with Gasteiger partial charge in [-0.05, 0) is 37.6 Å². The molecule has 0 amide bonds. The Morgan fingerprint density at radius 1 is 1.29 bits per heavy atom. The zero-order chi connectivity index (χ0) is 13.0. The van der Waals surface area contributed by atoms with E-state index in [-0.39, 0.29) is 11.9 Å². The van der Waals surface area contributed by atoms with E-state index in [9.17, 15) is 4.39 Å². The van der Waals surface area contributed by atoms with Crippen molar-refractivity contribution < 1.29 is 4.39 Å². The Hall–Kier alpha value is -1.09. The van der Waals surface area contributed by atoms with Crippen LogP contribution in [0.15, 0.2) is 18.2 Å². The van der Waals surface area contributed by atoms with Gasteiger partial charge in [0.15, 0.2) is 0 Å². The topological polar surface area (TPSA) is 15.3 Å². The molecule has 96 valence electrons. The molecule has 0 saturated heterocycles. The van der Waals surface area contributed by atoms with Crippen molar-refractivity contribution in [3.63, 3.8) is 0 Å². The Labute approximate surface area is 104 Å². The Kier molecular flexibility index (Phi) is 4.94. The average molecular weight is 238 g/mol. The molecule has 0 spiro atoms. The first kappa shape index (κ1) is 14.0. The van der Waals surface area contributed by atoms with Gasteiger partial charge in [0.25, 0.3) is 0 Å². The van der Waals surface area contributed by atoms with E-state index in [1.54, 1.807) is 6.07 Å². The van der Waals surface area contributed by atoms with Gasteiger partial charge in [0, 0.05) is 19.6 Å². The van der Waals surface area contributed by atoms with Crippen LogP contribution in [0.2, 0.25) is 0 Å². The van der Waals surface area contributed by atoms with Crippen LogP contribution in [-0.4, -0.2) is 20.6 Å². The first-order valence-electron chi connectivity index (χ1n) is 6.13. The number of anilines is 1. The summed E-state index contributed by atoms with van der Waals surface area (Å²) in [5, 5.41) is 3.11. The third kappa shape index (κ3) is 3.70. The minimum Gasteiger partial charge on any atom is -0.372 e. The van der Waals surface area contributed by atoms with Crippen LogP contribution in [-0.2, 0) is 0 Å². The fourth-order valence-electron chi connectivity index (χ4n) is 1.91. The Bertz CT molecular complexity index is 363. The average Bonchev–Trinajstić information content (AvgIpc) is 2.26. The zero-order valence-corrected chi connectivity index (χ0v) is 11.4. The van der Waals surface area contributed by atoms with E-state index < -0.39 is 0 Å². The number of hydrogen-bond acceptors (Lipinski definition) is 2.